The van der Waals surface area contributed by atoms with Crippen LogP contribution in [0.15, 0.2) is 18.3 Å². The Morgan fingerprint density at radius 2 is 1.77 bits per heavy atom. The quantitative estimate of drug-likeness (QED) is 0.597. The van der Waals surface area contributed by atoms with Crippen LogP contribution in [0.25, 0.3) is 0 Å². The molecule has 2 aromatic heterocycles. The molecule has 0 amide bonds. The number of rotatable bonds is 2. The van der Waals surface area contributed by atoms with Crippen molar-refractivity contribution in [3.8, 4) is 0 Å². The van der Waals surface area contributed by atoms with E-state index >= 15 is 0 Å². The highest BCUT2D eigenvalue weighted by Crippen LogP contribution is 2.59. The summed E-state index contributed by atoms with van der Waals surface area (Å²) in [6, 6.07) is 2.37. The average molecular weight is 493 g/mol. The van der Waals surface area contributed by atoms with Gasteiger partial charge in [-0.25, -0.2) is 0 Å². The van der Waals surface area contributed by atoms with Crippen LogP contribution in [-0.2, 0) is 21.3 Å². The van der Waals surface area contributed by atoms with E-state index in [1.165, 1.54) is 12.3 Å². The molecule has 1 spiro atoms. The molecule has 3 aliphatic rings. The largest absolute Gasteiger partial charge is 0.433 e. The highest BCUT2D eigenvalue weighted by atomic mass is 19.4. The lowest BCUT2D eigenvalue weighted by molar-refractivity contribution is -0.141. The summed E-state index contributed by atoms with van der Waals surface area (Å²) in [5, 5.41) is 22.6. The van der Waals surface area contributed by atoms with Crippen molar-refractivity contribution in [2.75, 3.05) is 13.2 Å². The van der Waals surface area contributed by atoms with Gasteiger partial charge in [-0.1, -0.05) is 33.8 Å². The summed E-state index contributed by atoms with van der Waals surface area (Å²) in [7, 11) is 0. The van der Waals surface area contributed by atoms with E-state index in [1.54, 1.807) is 0 Å². The van der Waals surface area contributed by atoms with Gasteiger partial charge in [-0.3, -0.25) is 9.97 Å². The summed E-state index contributed by atoms with van der Waals surface area (Å²) in [6.07, 6.45) is -4.30. The molecule has 5 rings (SSSR count). The molecule has 35 heavy (non-hydrogen) atoms. The molecule has 1 fully saturated rings. The molecular weight excluding hydrogens is 461 g/mol. The van der Waals surface area contributed by atoms with Crippen LogP contribution in [0.3, 0.4) is 0 Å². The van der Waals surface area contributed by atoms with Crippen LogP contribution in [0.4, 0.5) is 13.2 Å². The van der Waals surface area contributed by atoms with E-state index in [1.807, 2.05) is 27.7 Å². The molecule has 2 aliphatic heterocycles. The number of aliphatic hydroxyl groups excluding tert-OH is 2. The maximum Gasteiger partial charge on any atom is 0.433 e. The Hall–Kier alpha value is -2.07. The van der Waals surface area contributed by atoms with Crippen LogP contribution in [0.5, 0.6) is 0 Å². The summed E-state index contributed by atoms with van der Waals surface area (Å²) in [5.74, 6) is -0.0491. The zero-order valence-corrected chi connectivity index (χ0v) is 20.3. The highest BCUT2D eigenvalue weighted by molar-refractivity contribution is 5.54. The minimum atomic E-state index is -4.54. The number of aliphatic hydroxyl groups is 2. The van der Waals surface area contributed by atoms with Crippen LogP contribution >= 0.6 is 0 Å². The lowest BCUT2D eigenvalue weighted by Gasteiger charge is -2.42. The Morgan fingerprint density at radius 3 is 2.34 bits per heavy atom. The van der Waals surface area contributed by atoms with Crippen LogP contribution in [0, 0.1) is 5.41 Å². The summed E-state index contributed by atoms with van der Waals surface area (Å²) in [5.41, 5.74) is 1.55. The summed E-state index contributed by atoms with van der Waals surface area (Å²) >= 11 is 0. The van der Waals surface area contributed by atoms with E-state index in [0.717, 1.165) is 22.9 Å². The molecule has 0 radical (unpaired) electrons. The van der Waals surface area contributed by atoms with E-state index in [2.05, 4.69) is 4.98 Å². The molecular formula is C26H31F3N2O4. The third-order valence-corrected chi connectivity index (χ3v) is 7.67. The first-order valence-electron chi connectivity index (χ1n) is 12.1. The molecule has 2 aromatic rings. The highest BCUT2D eigenvalue weighted by Gasteiger charge is 2.53. The summed E-state index contributed by atoms with van der Waals surface area (Å²) in [6.45, 7) is 8.70. The fourth-order valence-electron chi connectivity index (χ4n) is 5.85. The Labute approximate surface area is 202 Å². The molecule has 3 atom stereocenters. The monoisotopic (exact) mass is 492 g/mol. The zero-order chi connectivity index (χ0) is 25.3. The minimum Gasteiger partial charge on any atom is -0.388 e. The van der Waals surface area contributed by atoms with Crippen LogP contribution in [0.1, 0.15) is 111 Å². The fraction of sp³-hybridized carbons (Fsp3) is 0.615. The lowest BCUT2D eigenvalue weighted by atomic mass is 9.68. The van der Waals surface area contributed by atoms with Gasteiger partial charge in [0.2, 0.25) is 0 Å². The average Bonchev–Trinajstić information content (AvgIpc) is 3.10. The van der Waals surface area contributed by atoms with Crippen LogP contribution in [0.2, 0.25) is 0 Å². The summed E-state index contributed by atoms with van der Waals surface area (Å²) < 4.78 is 51.8. The number of halogens is 3. The first kappa shape index (κ1) is 24.6. The predicted molar refractivity (Wildman–Crippen MR) is 121 cm³/mol. The first-order chi connectivity index (χ1) is 16.4. The van der Waals surface area contributed by atoms with Gasteiger partial charge in [-0.15, -0.1) is 0 Å². The Balaban J connectivity index is 1.76. The SMILES string of the molecule is CC(C)c1nc2c(c3c1[C@@H](c1ccc(C(F)(F)F)nc1)OC31CCOCC1)C(O)CC(C)(C)[C@@H]2O. The van der Waals surface area contributed by atoms with E-state index in [9.17, 15) is 23.4 Å². The van der Waals surface area contributed by atoms with Gasteiger partial charge in [0, 0.05) is 54.6 Å². The number of nitrogens with zero attached hydrogens (tertiary/aromatic N) is 2. The van der Waals surface area contributed by atoms with E-state index in [4.69, 9.17) is 14.5 Å². The fourth-order valence-corrected chi connectivity index (χ4v) is 5.85. The Morgan fingerprint density at radius 1 is 1.09 bits per heavy atom. The topological polar surface area (TPSA) is 84.7 Å². The molecule has 1 unspecified atom stereocenters. The van der Waals surface area contributed by atoms with Gasteiger partial charge in [0.1, 0.15) is 17.9 Å². The second kappa shape index (κ2) is 8.23. The summed E-state index contributed by atoms with van der Waals surface area (Å²) in [4.78, 5) is 8.57. The second-order valence-electron chi connectivity index (χ2n) is 10.9. The van der Waals surface area contributed by atoms with Crippen molar-refractivity contribution in [2.45, 2.75) is 83.0 Å². The smallest absolute Gasteiger partial charge is 0.388 e. The van der Waals surface area contributed by atoms with Crippen molar-refractivity contribution in [1.82, 2.24) is 9.97 Å². The van der Waals surface area contributed by atoms with Crippen molar-refractivity contribution in [1.29, 1.82) is 0 Å². The van der Waals surface area contributed by atoms with Crippen molar-refractivity contribution >= 4 is 0 Å². The molecule has 1 aliphatic carbocycles. The van der Waals surface area contributed by atoms with E-state index in [-0.39, 0.29) is 5.92 Å². The van der Waals surface area contributed by atoms with Gasteiger partial charge >= 0.3 is 6.18 Å². The van der Waals surface area contributed by atoms with Gasteiger partial charge in [-0.05, 0) is 29.4 Å². The molecule has 0 aromatic carbocycles. The zero-order valence-electron chi connectivity index (χ0n) is 20.3. The Kier molecular flexibility index (Phi) is 5.79. The molecule has 1 saturated heterocycles. The third kappa shape index (κ3) is 3.87. The number of fused-ring (bicyclic) bond motifs is 4. The van der Waals surface area contributed by atoms with Gasteiger partial charge in [-0.2, -0.15) is 13.2 Å². The number of hydrogen-bond donors (Lipinski definition) is 2. The normalized spacial score (nSPS) is 27.2. The van der Waals surface area contributed by atoms with E-state index in [0.29, 0.717) is 49.3 Å². The van der Waals surface area contributed by atoms with Gasteiger partial charge < -0.3 is 19.7 Å². The van der Waals surface area contributed by atoms with Crippen molar-refractivity contribution in [2.24, 2.45) is 5.41 Å². The molecule has 0 saturated carbocycles. The molecule has 190 valence electrons. The van der Waals surface area contributed by atoms with Crippen LogP contribution in [-0.4, -0.2) is 33.4 Å². The van der Waals surface area contributed by atoms with Crippen LogP contribution < -0.4 is 0 Å². The van der Waals surface area contributed by atoms with Gasteiger partial charge in [0.05, 0.1) is 17.4 Å². The third-order valence-electron chi connectivity index (χ3n) is 7.67. The molecule has 4 heterocycles. The lowest BCUT2D eigenvalue weighted by Crippen LogP contribution is -2.38. The van der Waals surface area contributed by atoms with Crippen molar-refractivity contribution in [3.63, 3.8) is 0 Å². The first-order valence-corrected chi connectivity index (χ1v) is 12.1. The standard InChI is InChI=1S/C26H31F3N2O4/c1-13(2)20-18-19(17-15(32)11-24(3,4)23(33)21(17)31-20)25(7-9-34-10-8-25)35-22(18)14-5-6-16(30-12-14)26(27,28)29/h5-6,12-13,15,22-23,32-33H,7-11H2,1-4H3/t15?,22-,23-/m1/s1. The predicted octanol–water partition coefficient (Wildman–Crippen LogP) is 5.24. The maximum atomic E-state index is 13.2. The van der Waals surface area contributed by atoms with Crippen molar-refractivity contribution < 1.29 is 32.9 Å². The number of alkyl halides is 3. The van der Waals surface area contributed by atoms with E-state index < -0.39 is 41.2 Å². The molecule has 2 N–H and O–H groups in total. The number of hydrogen-bond acceptors (Lipinski definition) is 6. The minimum absolute atomic E-state index is 0.0491. The Bertz CT molecular complexity index is 1120. The number of aromatic nitrogens is 2. The van der Waals surface area contributed by atoms with Gasteiger partial charge in [0.15, 0.2) is 0 Å². The van der Waals surface area contributed by atoms with Crippen molar-refractivity contribution in [3.05, 3.63) is 57.7 Å². The molecule has 6 nitrogen and oxygen atoms in total. The molecule has 0 bridgehead atoms. The van der Waals surface area contributed by atoms with Gasteiger partial charge in [0.25, 0.3) is 0 Å². The number of pyridine rings is 2. The maximum absolute atomic E-state index is 13.2. The molecule has 9 heteroatoms. The second-order valence-corrected chi connectivity index (χ2v) is 10.9. The number of ether oxygens (including phenoxy) is 2.